The van der Waals surface area contributed by atoms with Gasteiger partial charge in [-0.15, -0.1) is 0 Å². The summed E-state index contributed by atoms with van der Waals surface area (Å²) in [6.45, 7) is -2.98. The molecule has 0 amide bonds. The second-order valence-corrected chi connectivity index (χ2v) is 5.52. The molecule has 0 radical (unpaired) electrons. The molecular weight excluding hydrogens is 366 g/mol. The average molecular weight is 379 g/mol. The van der Waals surface area contributed by atoms with E-state index in [-0.39, 0.29) is 28.0 Å². The van der Waals surface area contributed by atoms with Gasteiger partial charge in [0.1, 0.15) is 5.65 Å². The van der Waals surface area contributed by atoms with Crippen LogP contribution in [-0.2, 0) is 0 Å². The molecule has 0 aliphatic heterocycles. The molecule has 0 bridgehead atoms. The van der Waals surface area contributed by atoms with Crippen LogP contribution in [0.1, 0.15) is 16.1 Å². The summed E-state index contributed by atoms with van der Waals surface area (Å²) in [5, 5.41) is 0.263. The van der Waals surface area contributed by atoms with Gasteiger partial charge in [-0.05, 0) is 42.5 Å². The van der Waals surface area contributed by atoms with E-state index in [1.54, 1.807) is 22.7 Å². The fraction of sp³-hybridized carbons (Fsp3) is 0.111. The van der Waals surface area contributed by atoms with E-state index in [4.69, 9.17) is 16.3 Å². The number of nitrogens with zero attached hydrogens (tertiary/aromatic N) is 2. The number of benzene rings is 1. The lowest BCUT2D eigenvalue weighted by atomic mass is 10.1. The number of pyridine rings is 1. The molecule has 26 heavy (non-hydrogen) atoms. The van der Waals surface area contributed by atoms with Crippen LogP contribution in [-0.4, -0.2) is 28.9 Å². The van der Waals surface area contributed by atoms with Crippen molar-refractivity contribution in [2.75, 3.05) is 7.11 Å². The number of rotatable bonds is 6. The van der Waals surface area contributed by atoms with Gasteiger partial charge in [0.15, 0.2) is 22.4 Å². The number of ether oxygens (including phenoxy) is 2. The highest BCUT2D eigenvalue weighted by Crippen LogP contribution is 2.30. The van der Waals surface area contributed by atoms with Crippen LogP contribution in [0.15, 0.2) is 48.7 Å². The lowest BCUT2D eigenvalue weighted by molar-refractivity contribution is -0.0512. The smallest absolute Gasteiger partial charge is 0.387 e. The van der Waals surface area contributed by atoms with Crippen molar-refractivity contribution in [2.24, 2.45) is 0 Å². The molecule has 0 fully saturated rings. The molecule has 0 aliphatic carbocycles. The Bertz CT molecular complexity index is 986. The third-order valence-electron chi connectivity index (χ3n) is 3.58. The molecule has 0 N–H and O–H groups in total. The van der Waals surface area contributed by atoms with Gasteiger partial charge in [0.25, 0.3) is 0 Å². The summed E-state index contributed by atoms with van der Waals surface area (Å²) in [5.74, 6) is -0.459. The molecule has 0 saturated carbocycles. The number of hydrogen-bond acceptors (Lipinski definition) is 4. The SMILES string of the molecule is COc1cc(C(=O)C=Cc2c(Cl)nc3ccccn23)ccc1OC(F)F. The largest absolute Gasteiger partial charge is 0.493 e. The summed E-state index contributed by atoms with van der Waals surface area (Å²) in [5.41, 5.74) is 1.46. The first-order valence-corrected chi connectivity index (χ1v) is 7.85. The van der Waals surface area contributed by atoms with Gasteiger partial charge in [-0.2, -0.15) is 8.78 Å². The highest BCUT2D eigenvalue weighted by molar-refractivity contribution is 6.31. The third-order valence-corrected chi connectivity index (χ3v) is 3.86. The van der Waals surface area contributed by atoms with Gasteiger partial charge in [-0.1, -0.05) is 17.7 Å². The van der Waals surface area contributed by atoms with Crippen LogP contribution in [0.4, 0.5) is 8.78 Å². The van der Waals surface area contributed by atoms with Crippen LogP contribution in [0.25, 0.3) is 11.7 Å². The summed E-state index contributed by atoms with van der Waals surface area (Å²) in [6, 6.07) is 9.40. The van der Waals surface area contributed by atoms with Crippen LogP contribution in [0.5, 0.6) is 11.5 Å². The molecule has 2 aromatic heterocycles. The summed E-state index contributed by atoms with van der Waals surface area (Å²) < 4.78 is 35.8. The molecule has 134 valence electrons. The topological polar surface area (TPSA) is 52.8 Å². The highest BCUT2D eigenvalue weighted by Gasteiger charge is 2.13. The molecule has 3 rings (SSSR count). The highest BCUT2D eigenvalue weighted by atomic mass is 35.5. The fourth-order valence-electron chi connectivity index (χ4n) is 2.40. The number of imidazole rings is 1. The van der Waals surface area contributed by atoms with E-state index < -0.39 is 6.61 Å². The van der Waals surface area contributed by atoms with E-state index in [9.17, 15) is 13.6 Å². The van der Waals surface area contributed by atoms with Gasteiger partial charge < -0.3 is 9.47 Å². The van der Waals surface area contributed by atoms with Crippen molar-refractivity contribution in [2.45, 2.75) is 6.61 Å². The van der Waals surface area contributed by atoms with Crippen molar-refractivity contribution in [1.29, 1.82) is 0 Å². The van der Waals surface area contributed by atoms with Gasteiger partial charge in [0.2, 0.25) is 0 Å². The molecule has 5 nitrogen and oxygen atoms in total. The van der Waals surface area contributed by atoms with E-state index in [2.05, 4.69) is 9.72 Å². The third kappa shape index (κ3) is 3.67. The second-order valence-electron chi connectivity index (χ2n) is 5.16. The maximum absolute atomic E-state index is 12.4. The monoisotopic (exact) mass is 378 g/mol. The number of allylic oxidation sites excluding steroid dienone is 1. The molecule has 8 heteroatoms. The second kappa shape index (κ2) is 7.53. The van der Waals surface area contributed by atoms with E-state index in [0.29, 0.717) is 11.3 Å². The van der Waals surface area contributed by atoms with E-state index in [0.717, 1.165) is 0 Å². The number of carbonyl (C=O) groups is 1. The molecule has 1 aromatic carbocycles. The van der Waals surface area contributed by atoms with Crippen molar-refractivity contribution >= 4 is 29.1 Å². The summed E-state index contributed by atoms with van der Waals surface area (Å²) in [4.78, 5) is 16.6. The Morgan fingerprint density at radius 1 is 1.27 bits per heavy atom. The van der Waals surface area contributed by atoms with Crippen LogP contribution in [0.3, 0.4) is 0 Å². The zero-order valence-electron chi connectivity index (χ0n) is 13.5. The van der Waals surface area contributed by atoms with Gasteiger partial charge in [-0.25, -0.2) is 4.98 Å². The van der Waals surface area contributed by atoms with Crippen molar-refractivity contribution < 1.29 is 23.0 Å². The van der Waals surface area contributed by atoms with Crippen molar-refractivity contribution in [3.8, 4) is 11.5 Å². The van der Waals surface area contributed by atoms with E-state index >= 15 is 0 Å². The molecule has 0 spiro atoms. The Morgan fingerprint density at radius 2 is 2.08 bits per heavy atom. The first-order chi connectivity index (χ1) is 12.5. The number of hydrogen-bond donors (Lipinski definition) is 0. The van der Waals surface area contributed by atoms with Crippen molar-refractivity contribution in [3.05, 3.63) is 65.1 Å². The van der Waals surface area contributed by atoms with Crippen LogP contribution in [0, 0.1) is 0 Å². The Labute approximate surface area is 152 Å². The Balaban J connectivity index is 1.87. The maximum atomic E-state index is 12.4. The molecule has 2 heterocycles. The zero-order chi connectivity index (χ0) is 18.7. The first kappa shape index (κ1) is 17.9. The predicted molar refractivity (Wildman–Crippen MR) is 93.2 cm³/mol. The number of halogens is 3. The number of carbonyl (C=O) groups excluding carboxylic acids is 1. The summed E-state index contributed by atoms with van der Waals surface area (Å²) in [7, 11) is 1.30. The minimum atomic E-state index is -2.98. The Morgan fingerprint density at radius 3 is 2.81 bits per heavy atom. The number of methoxy groups -OCH3 is 1. The lowest BCUT2D eigenvalue weighted by Gasteiger charge is -2.10. The quantitative estimate of drug-likeness (QED) is 0.468. The molecule has 0 atom stereocenters. The molecule has 0 aliphatic rings. The molecule has 3 aromatic rings. The van der Waals surface area contributed by atoms with Crippen LogP contribution < -0.4 is 9.47 Å². The number of aromatic nitrogens is 2. The zero-order valence-corrected chi connectivity index (χ0v) is 14.3. The molecule has 0 saturated heterocycles. The van der Waals surface area contributed by atoms with Gasteiger partial charge in [-0.3, -0.25) is 9.20 Å². The lowest BCUT2D eigenvalue weighted by Crippen LogP contribution is -2.04. The van der Waals surface area contributed by atoms with Crippen LogP contribution >= 0.6 is 11.6 Å². The minimum absolute atomic E-state index is 0.0392. The van der Waals surface area contributed by atoms with Gasteiger partial charge in [0.05, 0.1) is 12.8 Å². The fourth-order valence-corrected chi connectivity index (χ4v) is 2.64. The predicted octanol–water partition coefficient (Wildman–Crippen LogP) is 4.49. The maximum Gasteiger partial charge on any atom is 0.387 e. The van der Waals surface area contributed by atoms with Crippen molar-refractivity contribution in [3.63, 3.8) is 0 Å². The standard InChI is InChI=1S/C18H13ClF2N2O3/c1-25-15-10-11(5-8-14(15)26-18(20)21)13(24)7-6-12-17(19)22-16-4-2-3-9-23(12)16/h2-10,18H,1H3. The van der Waals surface area contributed by atoms with E-state index in [1.165, 1.54) is 31.4 Å². The van der Waals surface area contributed by atoms with Crippen molar-refractivity contribution in [1.82, 2.24) is 9.38 Å². The van der Waals surface area contributed by atoms with Gasteiger partial charge in [0, 0.05) is 11.8 Å². The average Bonchev–Trinajstić information content (AvgIpc) is 2.94. The number of fused-ring (bicyclic) bond motifs is 1. The summed E-state index contributed by atoms with van der Waals surface area (Å²) in [6.07, 6.45) is 4.64. The van der Waals surface area contributed by atoms with Crippen LogP contribution in [0.2, 0.25) is 5.15 Å². The molecule has 0 unspecified atom stereocenters. The Hall–Kier alpha value is -2.93. The summed E-state index contributed by atoms with van der Waals surface area (Å²) >= 11 is 6.11. The molecular formula is C18H13ClF2N2O3. The Kier molecular flexibility index (Phi) is 5.18. The van der Waals surface area contributed by atoms with Gasteiger partial charge >= 0.3 is 6.61 Å². The number of alkyl halides is 2. The normalized spacial score (nSPS) is 11.4. The minimum Gasteiger partial charge on any atom is -0.493 e. The van der Waals surface area contributed by atoms with E-state index in [1.807, 2.05) is 12.1 Å². The first-order valence-electron chi connectivity index (χ1n) is 7.47. The number of ketones is 1.